The van der Waals surface area contributed by atoms with Crippen LogP contribution < -0.4 is 0 Å². The number of nitrogens with zero attached hydrogens (tertiary/aromatic N) is 2. The maximum absolute atomic E-state index is 11.5. The quantitative estimate of drug-likeness (QED) is 0.626. The molecule has 1 atom stereocenters. The largest absolute Gasteiger partial charge is 0.462 e. The molecule has 1 N–H and O–H groups in total. The molecule has 1 aromatic rings. The van der Waals surface area contributed by atoms with E-state index in [1.807, 2.05) is 20.8 Å². The molecule has 0 aliphatic carbocycles. The fraction of sp³-hybridized carbons (Fsp3) is 0.667. The van der Waals surface area contributed by atoms with Gasteiger partial charge < -0.3 is 4.74 Å². The van der Waals surface area contributed by atoms with Gasteiger partial charge in [-0.1, -0.05) is 11.8 Å². The Hall–Kier alpha value is -1.04. The third kappa shape index (κ3) is 3.91. The number of ether oxygens (including phenoxy) is 1. The lowest BCUT2D eigenvalue weighted by Gasteiger charge is -2.11. The van der Waals surface area contributed by atoms with Crippen LogP contribution >= 0.6 is 11.8 Å². The first-order chi connectivity index (χ1) is 6.99. The van der Waals surface area contributed by atoms with E-state index in [4.69, 9.17) is 4.74 Å². The molecule has 0 aliphatic rings. The lowest BCUT2D eigenvalue weighted by molar-refractivity contribution is -0.146. The summed E-state index contributed by atoms with van der Waals surface area (Å²) in [5.74, 6) is 0.499. The fourth-order valence-electron chi connectivity index (χ4n) is 0.909. The first-order valence-electron chi connectivity index (χ1n) is 4.75. The number of aromatic nitrogens is 3. The SMILES string of the molecule is Cc1nc(SC(C)C(=O)OC(C)C)n[nH]1. The van der Waals surface area contributed by atoms with E-state index in [1.54, 1.807) is 6.92 Å². The van der Waals surface area contributed by atoms with Gasteiger partial charge in [-0.25, -0.2) is 4.98 Å². The van der Waals surface area contributed by atoms with Gasteiger partial charge in [0, 0.05) is 0 Å². The number of aryl methyl sites for hydroxylation is 1. The number of nitrogens with one attached hydrogen (secondary N) is 1. The van der Waals surface area contributed by atoms with E-state index >= 15 is 0 Å². The average Bonchev–Trinajstić information content (AvgIpc) is 2.50. The highest BCUT2D eigenvalue weighted by Gasteiger charge is 2.18. The Morgan fingerprint density at radius 3 is 2.60 bits per heavy atom. The van der Waals surface area contributed by atoms with Crippen LogP contribution in [0.3, 0.4) is 0 Å². The molecular formula is C9H15N3O2S. The summed E-state index contributed by atoms with van der Waals surface area (Å²) in [6.07, 6.45) is -0.0885. The normalized spacial score (nSPS) is 12.9. The van der Waals surface area contributed by atoms with Crippen molar-refractivity contribution in [3.8, 4) is 0 Å². The summed E-state index contributed by atoms with van der Waals surface area (Å²) in [6.45, 7) is 7.24. The van der Waals surface area contributed by atoms with Crippen LogP contribution in [0.15, 0.2) is 5.16 Å². The Labute approximate surface area is 93.0 Å². The van der Waals surface area contributed by atoms with Gasteiger partial charge in [0.2, 0.25) is 5.16 Å². The maximum atomic E-state index is 11.5. The summed E-state index contributed by atoms with van der Waals surface area (Å²) < 4.78 is 5.07. The number of esters is 1. The molecule has 1 aromatic heterocycles. The van der Waals surface area contributed by atoms with Crippen molar-refractivity contribution in [2.45, 2.75) is 44.2 Å². The van der Waals surface area contributed by atoms with Gasteiger partial charge in [-0.3, -0.25) is 9.89 Å². The highest BCUT2D eigenvalue weighted by Crippen LogP contribution is 2.20. The molecule has 0 amide bonds. The molecule has 15 heavy (non-hydrogen) atoms. The molecular weight excluding hydrogens is 214 g/mol. The molecule has 0 aliphatic heterocycles. The van der Waals surface area contributed by atoms with Gasteiger partial charge >= 0.3 is 5.97 Å². The highest BCUT2D eigenvalue weighted by molar-refractivity contribution is 8.00. The van der Waals surface area contributed by atoms with E-state index in [0.29, 0.717) is 5.16 Å². The van der Waals surface area contributed by atoms with E-state index in [1.165, 1.54) is 11.8 Å². The average molecular weight is 229 g/mol. The van der Waals surface area contributed by atoms with E-state index in [2.05, 4.69) is 15.2 Å². The molecule has 1 unspecified atom stereocenters. The lowest BCUT2D eigenvalue weighted by atomic mass is 10.4. The second-order valence-electron chi connectivity index (χ2n) is 3.45. The van der Waals surface area contributed by atoms with Crippen molar-refractivity contribution in [2.24, 2.45) is 0 Å². The van der Waals surface area contributed by atoms with Gasteiger partial charge in [0.15, 0.2) is 0 Å². The van der Waals surface area contributed by atoms with Crippen molar-refractivity contribution in [1.82, 2.24) is 15.2 Å². The number of H-pyrrole nitrogens is 1. The summed E-state index contributed by atoms with van der Waals surface area (Å²) in [5.41, 5.74) is 0. The van der Waals surface area contributed by atoms with E-state index < -0.39 is 0 Å². The first-order valence-corrected chi connectivity index (χ1v) is 5.63. The Bertz CT molecular complexity index is 338. The number of thioether (sulfide) groups is 1. The Kier molecular flexibility index (Phi) is 4.14. The smallest absolute Gasteiger partial charge is 0.319 e. The lowest BCUT2D eigenvalue weighted by Crippen LogP contribution is -2.20. The molecule has 0 bridgehead atoms. The maximum Gasteiger partial charge on any atom is 0.319 e. The van der Waals surface area contributed by atoms with Crippen molar-refractivity contribution >= 4 is 17.7 Å². The molecule has 84 valence electrons. The molecule has 0 aromatic carbocycles. The first kappa shape index (κ1) is 12.0. The van der Waals surface area contributed by atoms with Crippen molar-refractivity contribution in [1.29, 1.82) is 0 Å². The molecule has 0 saturated carbocycles. The summed E-state index contributed by atoms with van der Waals surface area (Å²) >= 11 is 1.29. The molecule has 6 heteroatoms. The number of carbonyl (C=O) groups excluding carboxylic acids is 1. The van der Waals surface area contributed by atoms with Gasteiger partial charge in [0.25, 0.3) is 0 Å². The zero-order valence-electron chi connectivity index (χ0n) is 9.27. The van der Waals surface area contributed by atoms with Crippen LogP contribution in [0.2, 0.25) is 0 Å². The minimum atomic E-state index is -0.289. The van der Waals surface area contributed by atoms with Crippen molar-refractivity contribution in [2.75, 3.05) is 0 Å². The minimum absolute atomic E-state index is 0.0885. The number of rotatable bonds is 4. The number of hydrogen-bond donors (Lipinski definition) is 1. The van der Waals surface area contributed by atoms with Crippen LogP contribution in [0.25, 0.3) is 0 Å². The van der Waals surface area contributed by atoms with Gasteiger partial charge in [-0.2, -0.15) is 0 Å². The van der Waals surface area contributed by atoms with Crippen molar-refractivity contribution < 1.29 is 9.53 Å². The second kappa shape index (κ2) is 5.16. The van der Waals surface area contributed by atoms with E-state index in [-0.39, 0.29) is 17.3 Å². The van der Waals surface area contributed by atoms with Crippen LogP contribution in [0.5, 0.6) is 0 Å². The zero-order valence-corrected chi connectivity index (χ0v) is 10.1. The Morgan fingerprint density at radius 1 is 1.47 bits per heavy atom. The van der Waals surface area contributed by atoms with Crippen molar-refractivity contribution in [3.63, 3.8) is 0 Å². The monoisotopic (exact) mass is 229 g/mol. The topological polar surface area (TPSA) is 67.9 Å². The molecule has 1 heterocycles. The van der Waals surface area contributed by atoms with Crippen LogP contribution in [-0.2, 0) is 9.53 Å². The Morgan fingerprint density at radius 2 is 2.13 bits per heavy atom. The number of hydrogen-bond acceptors (Lipinski definition) is 5. The number of carbonyl (C=O) groups is 1. The summed E-state index contributed by atoms with van der Waals surface area (Å²) in [5, 5.41) is 6.94. The van der Waals surface area contributed by atoms with Gasteiger partial charge in [0.1, 0.15) is 11.1 Å². The summed E-state index contributed by atoms with van der Waals surface area (Å²) in [6, 6.07) is 0. The van der Waals surface area contributed by atoms with Crippen molar-refractivity contribution in [3.05, 3.63) is 5.82 Å². The summed E-state index contributed by atoms with van der Waals surface area (Å²) in [4.78, 5) is 15.6. The summed E-state index contributed by atoms with van der Waals surface area (Å²) in [7, 11) is 0. The van der Waals surface area contributed by atoms with E-state index in [0.717, 1.165) is 5.82 Å². The van der Waals surface area contributed by atoms with Gasteiger partial charge in [-0.15, -0.1) is 5.10 Å². The predicted octanol–water partition coefficient (Wildman–Crippen LogP) is 1.55. The molecule has 1 rings (SSSR count). The molecule has 0 radical (unpaired) electrons. The minimum Gasteiger partial charge on any atom is -0.462 e. The van der Waals surface area contributed by atoms with E-state index in [9.17, 15) is 4.79 Å². The second-order valence-corrected chi connectivity index (χ2v) is 4.76. The van der Waals surface area contributed by atoms with Crippen LogP contribution in [0.1, 0.15) is 26.6 Å². The Balaban J connectivity index is 2.48. The fourth-order valence-corrected chi connectivity index (χ4v) is 1.67. The standard InChI is InChI=1S/C9H15N3O2S/c1-5(2)14-8(13)6(3)15-9-10-7(4)11-12-9/h5-6H,1-4H3,(H,10,11,12). The van der Waals surface area contributed by atoms with Gasteiger partial charge in [-0.05, 0) is 27.7 Å². The van der Waals surface area contributed by atoms with Crippen LogP contribution in [0.4, 0.5) is 0 Å². The molecule has 0 saturated heterocycles. The molecule has 0 fully saturated rings. The third-order valence-electron chi connectivity index (χ3n) is 1.54. The molecule has 5 nitrogen and oxygen atoms in total. The molecule has 0 spiro atoms. The third-order valence-corrected chi connectivity index (χ3v) is 2.48. The zero-order chi connectivity index (χ0) is 11.4. The highest BCUT2D eigenvalue weighted by atomic mass is 32.2. The number of aromatic amines is 1. The van der Waals surface area contributed by atoms with Crippen LogP contribution in [0, 0.1) is 6.92 Å². The van der Waals surface area contributed by atoms with Crippen LogP contribution in [-0.4, -0.2) is 32.5 Å². The predicted molar refractivity (Wildman–Crippen MR) is 57.7 cm³/mol. The van der Waals surface area contributed by atoms with Gasteiger partial charge in [0.05, 0.1) is 6.10 Å².